The average molecular weight is 361 g/mol. The molecular formula is C18H17ClN2O2S. The molecule has 24 heavy (non-hydrogen) atoms. The fraction of sp³-hybridized carbons (Fsp3) is 0.222. The van der Waals surface area contributed by atoms with Crippen LogP contribution < -0.4 is 0 Å². The number of carbonyl (C=O) groups excluding carboxylic acids is 1. The van der Waals surface area contributed by atoms with E-state index >= 15 is 0 Å². The molecule has 0 spiro atoms. The maximum absolute atomic E-state index is 12.0. The molecule has 0 fully saturated rings. The van der Waals surface area contributed by atoms with Crippen LogP contribution in [0.4, 0.5) is 0 Å². The van der Waals surface area contributed by atoms with Gasteiger partial charge in [-0.2, -0.15) is 0 Å². The van der Waals surface area contributed by atoms with Crippen LogP contribution in [0, 0.1) is 6.92 Å². The van der Waals surface area contributed by atoms with Gasteiger partial charge in [0.1, 0.15) is 12.4 Å². The number of thioether (sulfide) groups is 1. The van der Waals surface area contributed by atoms with Crippen LogP contribution in [0.2, 0.25) is 5.02 Å². The van der Waals surface area contributed by atoms with Crippen LogP contribution in [-0.4, -0.2) is 21.3 Å². The van der Waals surface area contributed by atoms with Gasteiger partial charge >= 0.3 is 5.97 Å². The Hall–Kier alpha value is -1.98. The smallest absolute Gasteiger partial charge is 0.316 e. The van der Waals surface area contributed by atoms with E-state index in [-0.39, 0.29) is 18.3 Å². The number of esters is 1. The summed E-state index contributed by atoms with van der Waals surface area (Å²) < 4.78 is 7.26. The van der Waals surface area contributed by atoms with Gasteiger partial charge in [-0.25, -0.2) is 4.98 Å². The Morgan fingerprint density at radius 1 is 1.29 bits per heavy atom. The molecule has 1 heterocycles. The van der Waals surface area contributed by atoms with Crippen molar-refractivity contribution in [3.8, 4) is 0 Å². The van der Waals surface area contributed by atoms with E-state index in [0.717, 1.165) is 21.5 Å². The number of ether oxygens (including phenoxy) is 1. The van der Waals surface area contributed by atoms with Crippen LogP contribution in [-0.2, 0) is 23.2 Å². The highest BCUT2D eigenvalue weighted by Gasteiger charge is 2.11. The predicted molar refractivity (Wildman–Crippen MR) is 97.4 cm³/mol. The van der Waals surface area contributed by atoms with E-state index in [1.165, 1.54) is 11.8 Å². The highest BCUT2D eigenvalue weighted by molar-refractivity contribution is 8.00. The third-order valence-corrected chi connectivity index (χ3v) is 5.12. The average Bonchev–Trinajstić information content (AvgIpc) is 2.87. The Labute approximate surface area is 149 Å². The molecule has 0 unspecified atom stereocenters. The van der Waals surface area contributed by atoms with Crippen molar-refractivity contribution in [3.63, 3.8) is 0 Å². The van der Waals surface area contributed by atoms with Gasteiger partial charge in [0.25, 0.3) is 0 Å². The highest BCUT2D eigenvalue weighted by Crippen LogP contribution is 2.22. The molecule has 6 heteroatoms. The van der Waals surface area contributed by atoms with E-state index in [0.29, 0.717) is 10.8 Å². The number of hydrogen-bond donors (Lipinski definition) is 0. The lowest BCUT2D eigenvalue weighted by molar-refractivity contribution is -0.141. The first-order valence-electron chi connectivity index (χ1n) is 7.49. The first-order valence-corrected chi connectivity index (χ1v) is 8.86. The minimum Gasteiger partial charge on any atom is -0.457 e. The summed E-state index contributed by atoms with van der Waals surface area (Å²) in [5.41, 5.74) is 2.91. The van der Waals surface area contributed by atoms with E-state index < -0.39 is 0 Å². The second-order valence-electron chi connectivity index (χ2n) is 5.43. The lowest BCUT2D eigenvalue weighted by Crippen LogP contribution is -2.10. The van der Waals surface area contributed by atoms with Crippen molar-refractivity contribution >= 4 is 40.4 Å². The van der Waals surface area contributed by atoms with E-state index in [2.05, 4.69) is 4.98 Å². The number of benzene rings is 2. The van der Waals surface area contributed by atoms with E-state index in [4.69, 9.17) is 16.3 Å². The fourth-order valence-electron chi connectivity index (χ4n) is 2.39. The second kappa shape index (κ2) is 7.28. The van der Waals surface area contributed by atoms with Crippen LogP contribution in [0.25, 0.3) is 11.0 Å². The van der Waals surface area contributed by atoms with Gasteiger partial charge in [-0.1, -0.05) is 29.8 Å². The number of nitrogens with zero attached hydrogens (tertiary/aromatic N) is 2. The van der Waals surface area contributed by atoms with E-state index in [1.54, 1.807) is 6.07 Å². The monoisotopic (exact) mass is 360 g/mol. The summed E-state index contributed by atoms with van der Waals surface area (Å²) in [5.74, 6) is 0.718. The van der Waals surface area contributed by atoms with Gasteiger partial charge in [0.2, 0.25) is 0 Å². The molecule has 3 aromatic rings. The van der Waals surface area contributed by atoms with Gasteiger partial charge in [0, 0.05) is 17.0 Å². The van der Waals surface area contributed by atoms with E-state index in [1.807, 2.05) is 54.9 Å². The Morgan fingerprint density at radius 2 is 2.08 bits per heavy atom. The Bertz CT molecular complexity index is 892. The first-order chi connectivity index (χ1) is 11.5. The quantitative estimate of drug-likeness (QED) is 0.500. The number of imidazole rings is 1. The zero-order valence-corrected chi connectivity index (χ0v) is 15.0. The molecule has 4 nitrogen and oxygen atoms in total. The predicted octanol–water partition coefficient (Wildman–Crippen LogP) is 4.37. The Balaban J connectivity index is 1.60. The minimum atomic E-state index is -0.256. The summed E-state index contributed by atoms with van der Waals surface area (Å²) in [7, 11) is 1.90. The zero-order valence-electron chi connectivity index (χ0n) is 13.5. The Morgan fingerprint density at radius 3 is 2.88 bits per heavy atom. The topological polar surface area (TPSA) is 44.1 Å². The number of carbonyl (C=O) groups is 1. The summed E-state index contributed by atoms with van der Waals surface area (Å²) in [5, 5.41) is 0.638. The summed E-state index contributed by atoms with van der Waals surface area (Å²) in [4.78, 5) is 17.5. The van der Waals surface area contributed by atoms with Crippen LogP contribution in [0.15, 0.2) is 47.4 Å². The summed E-state index contributed by atoms with van der Waals surface area (Å²) in [6, 6.07) is 13.5. The number of hydrogen-bond acceptors (Lipinski definition) is 4. The molecule has 2 aromatic carbocycles. The fourth-order valence-corrected chi connectivity index (χ4v) is 3.39. The van der Waals surface area contributed by atoms with Crippen molar-refractivity contribution in [3.05, 3.63) is 58.9 Å². The first kappa shape index (κ1) is 16.9. The van der Waals surface area contributed by atoms with Crippen molar-refractivity contribution in [2.45, 2.75) is 18.4 Å². The zero-order chi connectivity index (χ0) is 17.1. The molecule has 124 valence electrons. The van der Waals surface area contributed by atoms with Crippen molar-refractivity contribution in [1.29, 1.82) is 0 Å². The minimum absolute atomic E-state index is 0.149. The van der Waals surface area contributed by atoms with Gasteiger partial charge in [0.15, 0.2) is 0 Å². The molecule has 0 bridgehead atoms. The molecule has 0 aliphatic rings. The van der Waals surface area contributed by atoms with Crippen molar-refractivity contribution in [2.75, 3.05) is 5.75 Å². The SMILES string of the molecule is Cc1ccccc1SCC(=O)OCc1nc2cc(Cl)ccc2n1C. The molecule has 0 amide bonds. The maximum Gasteiger partial charge on any atom is 0.316 e. The molecule has 0 aliphatic carbocycles. The molecule has 0 radical (unpaired) electrons. The molecular weight excluding hydrogens is 344 g/mol. The molecule has 0 atom stereocenters. The van der Waals surface area contributed by atoms with Crippen LogP contribution in [0.3, 0.4) is 0 Å². The normalized spacial score (nSPS) is 11.0. The maximum atomic E-state index is 12.0. The largest absolute Gasteiger partial charge is 0.457 e. The molecule has 0 aliphatic heterocycles. The van der Waals surface area contributed by atoms with Crippen molar-refractivity contribution in [1.82, 2.24) is 9.55 Å². The molecule has 3 rings (SSSR count). The number of halogens is 1. The number of rotatable bonds is 5. The van der Waals surface area contributed by atoms with Gasteiger partial charge in [-0.15, -0.1) is 11.8 Å². The summed E-state index contributed by atoms with van der Waals surface area (Å²) in [6.45, 7) is 2.17. The van der Waals surface area contributed by atoms with Gasteiger partial charge in [0.05, 0.1) is 16.8 Å². The Kier molecular flexibility index (Phi) is 5.11. The number of fused-ring (bicyclic) bond motifs is 1. The summed E-state index contributed by atoms with van der Waals surface area (Å²) >= 11 is 7.46. The number of aromatic nitrogens is 2. The van der Waals surface area contributed by atoms with Gasteiger partial charge in [-0.3, -0.25) is 4.79 Å². The lowest BCUT2D eigenvalue weighted by Gasteiger charge is -2.06. The standard InChI is InChI=1S/C18H17ClN2O2S/c1-12-5-3-4-6-16(12)24-11-18(22)23-10-17-20-14-9-13(19)7-8-15(14)21(17)2/h3-9H,10-11H2,1-2H3. The third-order valence-electron chi connectivity index (χ3n) is 3.74. The summed E-state index contributed by atoms with van der Waals surface area (Å²) in [6.07, 6.45) is 0. The van der Waals surface area contributed by atoms with Gasteiger partial charge < -0.3 is 9.30 Å². The third kappa shape index (κ3) is 3.74. The van der Waals surface area contributed by atoms with E-state index in [9.17, 15) is 4.79 Å². The second-order valence-corrected chi connectivity index (χ2v) is 6.89. The van der Waals surface area contributed by atoms with Crippen molar-refractivity contribution in [2.24, 2.45) is 7.05 Å². The lowest BCUT2D eigenvalue weighted by atomic mass is 10.2. The van der Waals surface area contributed by atoms with Gasteiger partial charge in [-0.05, 0) is 36.8 Å². The van der Waals surface area contributed by atoms with Crippen LogP contribution in [0.1, 0.15) is 11.4 Å². The number of aryl methyl sites for hydroxylation is 2. The molecule has 0 N–H and O–H groups in total. The van der Waals surface area contributed by atoms with Crippen molar-refractivity contribution < 1.29 is 9.53 Å². The molecule has 0 saturated heterocycles. The van der Waals surface area contributed by atoms with Crippen LogP contribution >= 0.6 is 23.4 Å². The molecule has 1 aromatic heterocycles. The highest BCUT2D eigenvalue weighted by atomic mass is 35.5. The molecule has 0 saturated carbocycles. The van der Waals surface area contributed by atoms with Crippen LogP contribution in [0.5, 0.6) is 0 Å².